The van der Waals surface area contributed by atoms with E-state index in [1.54, 1.807) is 7.05 Å². The Balaban J connectivity index is 1.25. The molecule has 0 aromatic carbocycles. The van der Waals surface area contributed by atoms with Crippen LogP contribution in [0.25, 0.3) is 20.7 Å². The lowest BCUT2D eigenvalue weighted by Crippen LogP contribution is -2.72. The number of hydrogen-bond acceptors (Lipinski definition) is 9. The fourth-order valence-electron chi connectivity index (χ4n) is 5.59. The van der Waals surface area contributed by atoms with Crippen LogP contribution in [-0.4, -0.2) is 62.4 Å². The highest BCUT2D eigenvalue weighted by molar-refractivity contribution is 7.22. The van der Waals surface area contributed by atoms with Crippen molar-refractivity contribution in [2.24, 2.45) is 12.5 Å². The van der Waals surface area contributed by atoms with E-state index in [4.69, 9.17) is 0 Å². The van der Waals surface area contributed by atoms with Gasteiger partial charge in [-0.2, -0.15) is 5.10 Å². The maximum atomic E-state index is 15.0. The van der Waals surface area contributed by atoms with E-state index in [0.717, 1.165) is 41.9 Å². The smallest absolute Gasteiger partial charge is 0.275 e. The third-order valence-corrected chi connectivity index (χ3v) is 8.94. The summed E-state index contributed by atoms with van der Waals surface area (Å²) in [5.74, 6) is 0.383. The highest BCUT2D eigenvalue weighted by Crippen LogP contribution is 2.42. The van der Waals surface area contributed by atoms with E-state index in [-0.39, 0.29) is 23.1 Å². The second-order valence-corrected chi connectivity index (χ2v) is 11.8. The molecule has 6 heterocycles. The summed E-state index contributed by atoms with van der Waals surface area (Å²) in [7, 11) is 1.64. The van der Waals surface area contributed by atoms with Crippen LogP contribution in [0.5, 0.6) is 0 Å². The molecule has 38 heavy (non-hydrogen) atoms. The summed E-state index contributed by atoms with van der Waals surface area (Å²) in [5, 5.41) is 8.12. The van der Waals surface area contributed by atoms with Crippen molar-refractivity contribution >= 4 is 38.9 Å². The fraction of sp³-hybridized carbons (Fsp3) is 0.444. The molecule has 6 rings (SSSR count). The Hall–Kier alpha value is -3.44. The summed E-state index contributed by atoms with van der Waals surface area (Å²) < 4.78 is 17.1. The fourth-order valence-corrected chi connectivity index (χ4v) is 7.01. The number of anilines is 3. The zero-order chi connectivity index (χ0) is 26.8. The number of rotatable bonds is 6. The summed E-state index contributed by atoms with van der Waals surface area (Å²) in [6, 6.07) is 3.93. The second kappa shape index (κ2) is 9.09. The summed E-state index contributed by atoms with van der Waals surface area (Å²) in [4.78, 5) is 31.5. The summed E-state index contributed by atoms with van der Waals surface area (Å²) in [5.41, 5.74) is 3.01. The molecule has 0 aliphatic carbocycles. The molecule has 198 valence electrons. The Labute approximate surface area is 224 Å². The lowest BCUT2D eigenvalue weighted by atomic mass is 9.72. The Bertz CT molecular complexity index is 1580. The van der Waals surface area contributed by atoms with Crippen LogP contribution in [-0.2, 0) is 7.05 Å². The van der Waals surface area contributed by atoms with Gasteiger partial charge in [-0.1, -0.05) is 20.8 Å². The van der Waals surface area contributed by atoms with Crippen LogP contribution in [0.2, 0.25) is 0 Å². The van der Waals surface area contributed by atoms with Crippen molar-refractivity contribution in [2.45, 2.75) is 33.6 Å². The Morgan fingerprint density at radius 3 is 2.58 bits per heavy atom. The van der Waals surface area contributed by atoms with Gasteiger partial charge in [0, 0.05) is 38.6 Å². The average molecular weight is 535 g/mol. The Morgan fingerprint density at radius 2 is 1.92 bits per heavy atom. The number of likely N-dealkylation sites (tertiary alicyclic amines) is 1. The van der Waals surface area contributed by atoms with Crippen LogP contribution in [0, 0.1) is 18.2 Å². The first-order valence-electron chi connectivity index (χ1n) is 12.9. The minimum atomic E-state index is -0.547. The Morgan fingerprint density at radius 1 is 1.16 bits per heavy atom. The van der Waals surface area contributed by atoms with Crippen molar-refractivity contribution < 1.29 is 4.39 Å². The largest absolute Gasteiger partial charge is 0.369 e. The van der Waals surface area contributed by atoms with Gasteiger partial charge in [-0.05, 0) is 37.1 Å². The molecule has 1 N–H and O–H groups in total. The number of hydrogen-bond donors (Lipinski definition) is 1. The van der Waals surface area contributed by atoms with Gasteiger partial charge in [-0.3, -0.25) is 4.79 Å². The van der Waals surface area contributed by atoms with Crippen LogP contribution in [0.1, 0.15) is 37.9 Å². The highest BCUT2D eigenvalue weighted by atomic mass is 32.1. The van der Waals surface area contributed by atoms with Crippen molar-refractivity contribution in [2.75, 3.05) is 42.9 Å². The average Bonchev–Trinajstić information content (AvgIpc) is 3.19. The van der Waals surface area contributed by atoms with Gasteiger partial charge < -0.3 is 15.1 Å². The number of aryl methyl sites for hydroxylation is 2. The number of halogens is 1. The molecule has 9 nitrogen and oxygen atoms in total. The molecule has 0 amide bonds. The molecule has 4 aromatic heterocycles. The number of pyridine rings is 1. The quantitative estimate of drug-likeness (QED) is 0.392. The van der Waals surface area contributed by atoms with Gasteiger partial charge in [-0.25, -0.2) is 24.0 Å². The first-order valence-corrected chi connectivity index (χ1v) is 13.7. The van der Waals surface area contributed by atoms with Crippen molar-refractivity contribution in [3.05, 3.63) is 52.0 Å². The zero-order valence-electron chi connectivity index (χ0n) is 22.2. The maximum absolute atomic E-state index is 15.0. The molecule has 2 aliphatic heterocycles. The van der Waals surface area contributed by atoms with Gasteiger partial charge in [0.2, 0.25) is 5.95 Å². The molecule has 1 spiro atoms. The number of aromatic nitrogens is 5. The molecular formula is C27H31FN8OS. The first kappa shape index (κ1) is 24.9. The van der Waals surface area contributed by atoms with Gasteiger partial charge in [0.25, 0.3) is 5.56 Å². The number of thiophene rings is 1. The summed E-state index contributed by atoms with van der Waals surface area (Å²) >= 11 is 1.35. The van der Waals surface area contributed by atoms with Crippen LogP contribution in [0.4, 0.5) is 21.8 Å². The number of nitrogens with zero attached hydrogens (tertiary/aromatic N) is 7. The van der Waals surface area contributed by atoms with E-state index in [1.165, 1.54) is 29.1 Å². The van der Waals surface area contributed by atoms with E-state index < -0.39 is 5.82 Å². The van der Waals surface area contributed by atoms with Gasteiger partial charge in [0.15, 0.2) is 5.82 Å². The van der Waals surface area contributed by atoms with E-state index in [1.807, 2.05) is 39.1 Å². The van der Waals surface area contributed by atoms with Gasteiger partial charge in [0.05, 0.1) is 38.7 Å². The van der Waals surface area contributed by atoms with Crippen molar-refractivity contribution in [3.8, 4) is 10.6 Å². The minimum Gasteiger partial charge on any atom is -0.369 e. The predicted octanol–water partition coefficient (Wildman–Crippen LogP) is 4.30. The van der Waals surface area contributed by atoms with Crippen LogP contribution < -0.4 is 15.8 Å². The maximum Gasteiger partial charge on any atom is 0.275 e. The normalized spacial score (nSPS) is 16.8. The zero-order valence-corrected chi connectivity index (χ0v) is 23.1. The standard InChI is InChI=1S/C27H31FN8OS/c1-6-35-11-27(12-35)13-36(14-27)17-7-8-19(29-9-17)31-26-30-10-18(28)22(32-26)23-16(4)20-24(38-23)21(15(2)3)33-34(5)25(20)37/h7-10,15H,6,11-14H2,1-5H3,(H,29,30,31,32). The summed E-state index contributed by atoms with van der Waals surface area (Å²) in [6.07, 6.45) is 3.00. The van der Waals surface area contributed by atoms with E-state index in [0.29, 0.717) is 27.1 Å². The van der Waals surface area contributed by atoms with E-state index in [2.05, 4.69) is 42.1 Å². The lowest BCUT2D eigenvalue weighted by Gasteiger charge is -2.61. The minimum absolute atomic E-state index is 0.110. The highest BCUT2D eigenvalue weighted by Gasteiger charge is 2.51. The van der Waals surface area contributed by atoms with Crippen LogP contribution >= 0.6 is 11.3 Å². The molecule has 0 atom stereocenters. The number of fused-ring (bicyclic) bond motifs is 1. The van der Waals surface area contributed by atoms with Gasteiger partial charge >= 0.3 is 0 Å². The number of nitrogens with one attached hydrogen (secondary N) is 1. The van der Waals surface area contributed by atoms with Gasteiger partial charge in [0.1, 0.15) is 11.5 Å². The molecule has 2 aliphatic rings. The van der Waals surface area contributed by atoms with E-state index in [9.17, 15) is 4.79 Å². The molecule has 2 saturated heterocycles. The topological polar surface area (TPSA) is 92.1 Å². The van der Waals surface area contributed by atoms with E-state index >= 15 is 4.39 Å². The molecule has 0 unspecified atom stereocenters. The molecule has 4 aromatic rings. The third kappa shape index (κ3) is 4.04. The van der Waals surface area contributed by atoms with Crippen molar-refractivity contribution in [1.82, 2.24) is 29.6 Å². The van der Waals surface area contributed by atoms with Crippen LogP contribution in [0.3, 0.4) is 0 Å². The molecule has 2 fully saturated rings. The Kier molecular flexibility index (Phi) is 5.95. The van der Waals surface area contributed by atoms with Gasteiger partial charge in [-0.15, -0.1) is 11.3 Å². The monoisotopic (exact) mass is 534 g/mol. The van der Waals surface area contributed by atoms with Crippen LogP contribution in [0.15, 0.2) is 29.3 Å². The molecule has 0 bridgehead atoms. The lowest BCUT2D eigenvalue weighted by molar-refractivity contribution is -0.0178. The molecular weight excluding hydrogens is 503 g/mol. The molecule has 0 radical (unpaired) electrons. The third-order valence-electron chi connectivity index (χ3n) is 7.62. The van der Waals surface area contributed by atoms with Crippen molar-refractivity contribution in [1.29, 1.82) is 0 Å². The molecule has 0 saturated carbocycles. The molecule has 11 heteroatoms. The second-order valence-electron chi connectivity index (χ2n) is 10.8. The van der Waals surface area contributed by atoms with Crippen molar-refractivity contribution in [3.63, 3.8) is 0 Å². The predicted molar refractivity (Wildman–Crippen MR) is 149 cm³/mol. The summed E-state index contributed by atoms with van der Waals surface area (Å²) in [6.45, 7) is 13.7. The SMILES string of the molecule is CCN1CC2(C1)CN(c1ccc(Nc3ncc(F)c(-c4sc5c(C(C)C)nn(C)c(=O)c5c4C)n3)nc1)C2. The first-order chi connectivity index (χ1) is 18.2.